The van der Waals surface area contributed by atoms with Gasteiger partial charge in [0.2, 0.25) is 11.6 Å². The fourth-order valence-corrected chi connectivity index (χ4v) is 2.50. The number of benzene rings is 1. The lowest BCUT2D eigenvalue weighted by Gasteiger charge is -2.19. The number of rotatable bonds is 3. The first-order chi connectivity index (χ1) is 11.0. The lowest BCUT2D eigenvalue weighted by molar-refractivity contribution is 0.0981. The van der Waals surface area contributed by atoms with Crippen molar-refractivity contribution in [1.29, 1.82) is 0 Å². The Morgan fingerprint density at radius 2 is 1.70 bits per heavy atom. The van der Waals surface area contributed by atoms with Gasteiger partial charge in [-0.1, -0.05) is 17.7 Å². The van der Waals surface area contributed by atoms with Crippen molar-refractivity contribution in [3.63, 3.8) is 0 Å². The first-order valence-electron chi connectivity index (χ1n) is 6.83. The van der Waals surface area contributed by atoms with Crippen molar-refractivity contribution in [2.45, 2.75) is 0 Å². The first kappa shape index (κ1) is 15.2. The molecule has 7 heteroatoms. The minimum atomic E-state index is -0.442. The SMILES string of the molecule is CN(C)c1cccc(NC2=C(Cl)C(=O)c3cnncc3C2=O)c1. The molecule has 0 radical (unpaired) electrons. The number of anilines is 2. The fraction of sp³-hybridized carbons (Fsp3) is 0.125. The van der Waals surface area contributed by atoms with Gasteiger partial charge in [-0.15, -0.1) is 0 Å². The number of nitrogens with one attached hydrogen (secondary N) is 1. The quantitative estimate of drug-likeness (QED) is 0.933. The van der Waals surface area contributed by atoms with Gasteiger partial charge in [0.05, 0.1) is 23.5 Å². The van der Waals surface area contributed by atoms with E-state index in [1.54, 1.807) is 6.07 Å². The number of hydrogen-bond donors (Lipinski definition) is 1. The second-order valence-electron chi connectivity index (χ2n) is 5.23. The first-order valence-corrected chi connectivity index (χ1v) is 7.21. The van der Waals surface area contributed by atoms with Crippen LogP contribution in [0, 0.1) is 0 Å². The Kier molecular flexibility index (Phi) is 3.83. The summed E-state index contributed by atoms with van der Waals surface area (Å²) in [5.74, 6) is -0.822. The van der Waals surface area contributed by atoms with Crippen LogP contribution in [0.4, 0.5) is 11.4 Å². The number of hydrogen-bond acceptors (Lipinski definition) is 6. The maximum Gasteiger partial charge on any atom is 0.213 e. The summed E-state index contributed by atoms with van der Waals surface area (Å²) in [6, 6.07) is 7.43. The Morgan fingerprint density at radius 1 is 1.04 bits per heavy atom. The van der Waals surface area contributed by atoms with Crippen LogP contribution in [-0.4, -0.2) is 35.9 Å². The Bertz CT molecular complexity index is 845. The number of carbonyl (C=O) groups excluding carboxylic acids is 2. The van der Waals surface area contributed by atoms with Crippen molar-refractivity contribution in [3.05, 3.63) is 58.5 Å². The molecule has 1 aliphatic carbocycles. The molecular formula is C16H13ClN4O2. The van der Waals surface area contributed by atoms with Crippen molar-refractivity contribution in [1.82, 2.24) is 10.2 Å². The number of Topliss-reactive ketones (excluding diaryl/α,β-unsaturated/α-hetero) is 2. The van der Waals surface area contributed by atoms with Gasteiger partial charge >= 0.3 is 0 Å². The normalized spacial score (nSPS) is 13.9. The zero-order chi connectivity index (χ0) is 16.6. The van der Waals surface area contributed by atoms with E-state index in [1.165, 1.54) is 12.4 Å². The predicted octanol–water partition coefficient (Wildman–Crippen LogP) is 2.48. The predicted molar refractivity (Wildman–Crippen MR) is 88.0 cm³/mol. The number of nitrogens with zero attached hydrogens (tertiary/aromatic N) is 3. The summed E-state index contributed by atoms with van der Waals surface area (Å²) in [5, 5.41) is 10.1. The topological polar surface area (TPSA) is 75.2 Å². The molecule has 6 nitrogen and oxygen atoms in total. The molecule has 0 aliphatic heterocycles. The van der Waals surface area contributed by atoms with Crippen molar-refractivity contribution >= 4 is 34.5 Å². The summed E-state index contributed by atoms with van der Waals surface area (Å²) >= 11 is 6.10. The van der Waals surface area contributed by atoms with E-state index in [0.717, 1.165) is 5.69 Å². The third-order valence-electron chi connectivity index (χ3n) is 3.50. The molecular weight excluding hydrogens is 316 g/mol. The largest absolute Gasteiger partial charge is 0.378 e. The second kappa shape index (κ2) is 5.81. The van der Waals surface area contributed by atoms with Crippen LogP contribution in [0.3, 0.4) is 0 Å². The molecule has 0 fully saturated rings. The number of aromatic nitrogens is 2. The van der Waals surface area contributed by atoms with E-state index in [4.69, 9.17) is 11.6 Å². The molecule has 0 bridgehead atoms. The highest BCUT2D eigenvalue weighted by molar-refractivity contribution is 6.50. The van der Waals surface area contributed by atoms with E-state index in [2.05, 4.69) is 15.5 Å². The summed E-state index contributed by atoms with van der Waals surface area (Å²) in [6.07, 6.45) is 2.53. The third kappa shape index (κ3) is 2.68. The van der Waals surface area contributed by atoms with Crippen LogP contribution in [0.2, 0.25) is 0 Å². The molecule has 1 N–H and O–H groups in total. The summed E-state index contributed by atoms with van der Waals surface area (Å²) < 4.78 is 0. The molecule has 0 amide bonds. The van der Waals surface area contributed by atoms with Gasteiger partial charge in [-0.25, -0.2) is 0 Å². The van der Waals surface area contributed by atoms with Gasteiger partial charge in [0, 0.05) is 25.5 Å². The van der Waals surface area contributed by atoms with Crippen LogP contribution in [0.25, 0.3) is 0 Å². The average Bonchev–Trinajstić information content (AvgIpc) is 2.57. The van der Waals surface area contributed by atoms with E-state index in [-0.39, 0.29) is 27.6 Å². The van der Waals surface area contributed by atoms with Gasteiger partial charge in [-0.3, -0.25) is 9.59 Å². The maximum atomic E-state index is 12.6. The minimum Gasteiger partial charge on any atom is -0.378 e. The zero-order valence-electron chi connectivity index (χ0n) is 12.5. The Balaban J connectivity index is 2.00. The molecule has 116 valence electrons. The Labute approximate surface area is 137 Å². The Morgan fingerprint density at radius 3 is 2.35 bits per heavy atom. The number of halogens is 1. The minimum absolute atomic E-state index is 0.0491. The number of ketones is 2. The van der Waals surface area contributed by atoms with Crippen molar-refractivity contribution < 1.29 is 9.59 Å². The van der Waals surface area contributed by atoms with Gasteiger partial charge in [0.1, 0.15) is 10.7 Å². The van der Waals surface area contributed by atoms with E-state index in [0.29, 0.717) is 5.69 Å². The summed E-state index contributed by atoms with van der Waals surface area (Å²) in [7, 11) is 3.82. The highest BCUT2D eigenvalue weighted by Crippen LogP contribution is 2.29. The molecule has 0 saturated heterocycles. The molecule has 1 heterocycles. The molecule has 1 aromatic heterocycles. The van der Waals surface area contributed by atoms with E-state index in [1.807, 2.05) is 37.2 Å². The van der Waals surface area contributed by atoms with Crippen molar-refractivity contribution in [2.75, 3.05) is 24.3 Å². The monoisotopic (exact) mass is 328 g/mol. The lowest BCUT2D eigenvalue weighted by Crippen LogP contribution is -2.25. The highest BCUT2D eigenvalue weighted by Gasteiger charge is 2.32. The molecule has 3 rings (SSSR count). The summed E-state index contributed by atoms with van der Waals surface area (Å²) in [6.45, 7) is 0. The molecule has 0 spiro atoms. The molecule has 1 aliphatic rings. The summed E-state index contributed by atoms with van der Waals surface area (Å²) in [4.78, 5) is 26.8. The van der Waals surface area contributed by atoms with Gasteiger partial charge in [0.25, 0.3) is 0 Å². The summed E-state index contributed by atoms with van der Waals surface area (Å²) in [5.41, 5.74) is 2.03. The van der Waals surface area contributed by atoms with Gasteiger partial charge in [0.15, 0.2) is 0 Å². The van der Waals surface area contributed by atoms with Crippen LogP contribution in [0.15, 0.2) is 47.4 Å². The fourth-order valence-electron chi connectivity index (χ4n) is 2.27. The maximum absolute atomic E-state index is 12.6. The average molecular weight is 329 g/mol. The van der Waals surface area contributed by atoms with Gasteiger partial charge in [-0.2, -0.15) is 10.2 Å². The standard InChI is InChI=1S/C16H13ClN4O2/c1-21(2)10-5-3-4-9(6-10)20-14-13(17)15(22)11-7-18-19-8-12(11)16(14)23/h3-8,20H,1-2H3. The van der Waals surface area contributed by atoms with Crippen LogP contribution in [0.1, 0.15) is 20.7 Å². The van der Waals surface area contributed by atoms with Crippen LogP contribution in [-0.2, 0) is 0 Å². The van der Waals surface area contributed by atoms with Gasteiger partial charge in [-0.05, 0) is 18.2 Å². The molecule has 2 aromatic rings. The molecule has 0 atom stereocenters. The molecule has 1 aromatic carbocycles. The van der Waals surface area contributed by atoms with E-state index < -0.39 is 5.78 Å². The lowest BCUT2D eigenvalue weighted by atomic mass is 9.95. The van der Waals surface area contributed by atoms with Crippen LogP contribution < -0.4 is 10.2 Å². The van der Waals surface area contributed by atoms with Crippen molar-refractivity contribution in [2.24, 2.45) is 0 Å². The number of allylic oxidation sites excluding steroid dienone is 2. The smallest absolute Gasteiger partial charge is 0.213 e. The molecule has 23 heavy (non-hydrogen) atoms. The number of carbonyl (C=O) groups is 2. The second-order valence-corrected chi connectivity index (χ2v) is 5.61. The molecule has 0 saturated carbocycles. The van der Waals surface area contributed by atoms with Crippen LogP contribution >= 0.6 is 11.6 Å². The third-order valence-corrected chi connectivity index (χ3v) is 3.86. The zero-order valence-corrected chi connectivity index (χ0v) is 13.3. The number of fused-ring (bicyclic) bond motifs is 1. The van der Waals surface area contributed by atoms with Crippen molar-refractivity contribution in [3.8, 4) is 0 Å². The highest BCUT2D eigenvalue weighted by atomic mass is 35.5. The van der Waals surface area contributed by atoms with Crippen LogP contribution in [0.5, 0.6) is 0 Å². The van der Waals surface area contributed by atoms with E-state index >= 15 is 0 Å². The molecule has 0 unspecified atom stereocenters. The van der Waals surface area contributed by atoms with E-state index in [9.17, 15) is 9.59 Å². The van der Waals surface area contributed by atoms with Gasteiger partial charge < -0.3 is 10.2 Å². The Hall–Kier alpha value is -2.73.